The van der Waals surface area contributed by atoms with Crippen molar-refractivity contribution in [2.75, 3.05) is 7.11 Å². The first kappa shape index (κ1) is 13.0. The van der Waals surface area contributed by atoms with Crippen LogP contribution in [0.2, 0.25) is 0 Å². The molecule has 4 aliphatic carbocycles. The summed E-state index contributed by atoms with van der Waals surface area (Å²) in [5, 5.41) is 9.70. The molecule has 0 aliphatic heterocycles. The number of methoxy groups -OCH3 is 1. The molecule has 2 atom stereocenters. The van der Waals surface area contributed by atoms with E-state index in [1.165, 1.54) is 13.5 Å². The lowest BCUT2D eigenvalue weighted by Gasteiger charge is -2.67. The van der Waals surface area contributed by atoms with Gasteiger partial charge in [0, 0.05) is 0 Å². The van der Waals surface area contributed by atoms with Crippen molar-refractivity contribution in [3.63, 3.8) is 0 Å². The fourth-order valence-electron chi connectivity index (χ4n) is 6.63. The Morgan fingerprint density at radius 2 is 1.68 bits per heavy atom. The molecule has 0 spiro atoms. The van der Waals surface area contributed by atoms with Gasteiger partial charge in [-0.25, -0.2) is 0 Å². The molecule has 4 rings (SSSR count). The summed E-state index contributed by atoms with van der Waals surface area (Å²) in [6, 6.07) is 2.62. The quantitative estimate of drug-likeness (QED) is 0.715. The van der Waals surface area contributed by atoms with Crippen LogP contribution in [0.3, 0.4) is 0 Å². The van der Waals surface area contributed by atoms with Crippen molar-refractivity contribution in [3.8, 4) is 6.07 Å². The van der Waals surface area contributed by atoms with Crippen molar-refractivity contribution in [3.05, 3.63) is 0 Å². The van der Waals surface area contributed by atoms with E-state index in [1.54, 1.807) is 0 Å². The molecule has 4 fully saturated rings. The SMILES string of the molecule is COC(=O)CC12CC3(C)CC(C)(CC(C#N)(C3)C1)C2. The van der Waals surface area contributed by atoms with E-state index >= 15 is 0 Å². The summed E-state index contributed by atoms with van der Waals surface area (Å²) < 4.78 is 4.90. The Bertz CT molecular complexity index is 458. The summed E-state index contributed by atoms with van der Waals surface area (Å²) in [4.78, 5) is 11.8. The van der Waals surface area contributed by atoms with E-state index < -0.39 is 0 Å². The van der Waals surface area contributed by atoms with Crippen LogP contribution in [0.5, 0.6) is 0 Å². The van der Waals surface area contributed by atoms with E-state index in [4.69, 9.17) is 4.74 Å². The molecule has 19 heavy (non-hydrogen) atoms. The Labute approximate surface area is 115 Å². The maximum absolute atomic E-state index is 11.8. The third-order valence-corrected chi connectivity index (χ3v) is 5.69. The van der Waals surface area contributed by atoms with E-state index in [9.17, 15) is 10.1 Å². The molecule has 3 nitrogen and oxygen atoms in total. The molecule has 3 heteroatoms. The number of nitriles is 1. The van der Waals surface area contributed by atoms with Crippen LogP contribution in [-0.4, -0.2) is 13.1 Å². The average Bonchev–Trinajstić information content (AvgIpc) is 2.23. The maximum atomic E-state index is 11.8. The monoisotopic (exact) mass is 261 g/mol. The Morgan fingerprint density at radius 3 is 2.16 bits per heavy atom. The molecule has 0 amide bonds. The van der Waals surface area contributed by atoms with Crippen molar-refractivity contribution in [1.82, 2.24) is 0 Å². The van der Waals surface area contributed by atoms with Crippen LogP contribution in [0.25, 0.3) is 0 Å². The van der Waals surface area contributed by atoms with Crippen LogP contribution >= 0.6 is 0 Å². The molecular weight excluding hydrogens is 238 g/mol. The molecule has 0 heterocycles. The highest BCUT2D eigenvalue weighted by atomic mass is 16.5. The zero-order chi connectivity index (χ0) is 13.9. The van der Waals surface area contributed by atoms with Gasteiger partial charge in [-0.3, -0.25) is 4.79 Å². The minimum Gasteiger partial charge on any atom is -0.469 e. The Kier molecular flexibility index (Phi) is 2.41. The number of hydrogen-bond acceptors (Lipinski definition) is 3. The predicted octanol–water partition coefficient (Wildman–Crippen LogP) is 3.44. The molecule has 0 N–H and O–H groups in total. The van der Waals surface area contributed by atoms with Crippen molar-refractivity contribution in [2.24, 2.45) is 21.7 Å². The average molecular weight is 261 g/mol. The zero-order valence-electron chi connectivity index (χ0n) is 12.2. The maximum Gasteiger partial charge on any atom is 0.306 e. The number of nitrogens with zero attached hydrogens (tertiary/aromatic N) is 1. The highest BCUT2D eigenvalue weighted by molar-refractivity contribution is 5.70. The van der Waals surface area contributed by atoms with Gasteiger partial charge in [-0.05, 0) is 54.8 Å². The molecule has 0 saturated heterocycles. The molecule has 2 unspecified atom stereocenters. The van der Waals surface area contributed by atoms with Gasteiger partial charge in [0.2, 0.25) is 0 Å². The van der Waals surface area contributed by atoms with E-state index in [1.807, 2.05) is 0 Å². The molecule has 4 bridgehead atoms. The lowest BCUT2D eigenvalue weighted by atomic mass is 9.36. The molecule has 4 aliphatic rings. The minimum atomic E-state index is -0.188. The van der Waals surface area contributed by atoms with Gasteiger partial charge in [0.05, 0.1) is 25.0 Å². The Hall–Kier alpha value is -1.04. The largest absolute Gasteiger partial charge is 0.469 e. The molecule has 0 aromatic heterocycles. The van der Waals surface area contributed by atoms with Gasteiger partial charge < -0.3 is 4.74 Å². The molecule has 0 radical (unpaired) electrons. The first-order valence-corrected chi connectivity index (χ1v) is 7.24. The summed E-state index contributed by atoms with van der Waals surface area (Å²) in [5.74, 6) is -0.109. The van der Waals surface area contributed by atoms with Gasteiger partial charge in [-0.1, -0.05) is 13.8 Å². The van der Waals surface area contributed by atoms with E-state index in [0.717, 1.165) is 32.1 Å². The van der Waals surface area contributed by atoms with Gasteiger partial charge in [-0.15, -0.1) is 0 Å². The van der Waals surface area contributed by atoms with E-state index in [2.05, 4.69) is 19.9 Å². The van der Waals surface area contributed by atoms with Gasteiger partial charge in [0.1, 0.15) is 0 Å². The number of carbonyl (C=O) groups excluding carboxylic acids is 1. The molecule has 0 aromatic carbocycles. The van der Waals surface area contributed by atoms with Crippen LogP contribution in [0.15, 0.2) is 0 Å². The van der Waals surface area contributed by atoms with Crippen LogP contribution in [0.4, 0.5) is 0 Å². The smallest absolute Gasteiger partial charge is 0.306 e. The second-order valence-electron chi connectivity index (χ2n) is 8.33. The Balaban J connectivity index is 2.00. The van der Waals surface area contributed by atoms with Crippen molar-refractivity contribution < 1.29 is 9.53 Å². The first-order chi connectivity index (χ1) is 8.76. The van der Waals surface area contributed by atoms with Crippen LogP contribution in [0.1, 0.15) is 58.8 Å². The number of ether oxygens (including phenoxy) is 1. The summed E-state index contributed by atoms with van der Waals surface area (Å²) in [6.07, 6.45) is 6.84. The first-order valence-electron chi connectivity index (χ1n) is 7.24. The van der Waals surface area contributed by atoms with Crippen LogP contribution < -0.4 is 0 Å². The summed E-state index contributed by atoms with van der Waals surface area (Å²) in [7, 11) is 1.46. The van der Waals surface area contributed by atoms with Gasteiger partial charge >= 0.3 is 5.97 Å². The van der Waals surface area contributed by atoms with Crippen LogP contribution in [0, 0.1) is 33.0 Å². The number of hydrogen-bond donors (Lipinski definition) is 0. The minimum absolute atomic E-state index is 0.0150. The number of rotatable bonds is 2. The predicted molar refractivity (Wildman–Crippen MR) is 71.0 cm³/mol. The summed E-state index contributed by atoms with van der Waals surface area (Å²) in [5.41, 5.74) is 0.313. The lowest BCUT2D eigenvalue weighted by molar-refractivity contribution is -0.181. The highest BCUT2D eigenvalue weighted by Crippen LogP contribution is 2.74. The van der Waals surface area contributed by atoms with E-state index in [0.29, 0.717) is 6.42 Å². The molecule has 0 aromatic rings. The third-order valence-electron chi connectivity index (χ3n) is 5.69. The fourth-order valence-corrected chi connectivity index (χ4v) is 6.63. The number of carbonyl (C=O) groups is 1. The molecule has 4 saturated carbocycles. The highest BCUT2D eigenvalue weighted by Gasteiger charge is 2.66. The second-order valence-corrected chi connectivity index (χ2v) is 8.33. The summed E-state index contributed by atoms with van der Waals surface area (Å²) in [6.45, 7) is 4.64. The van der Waals surface area contributed by atoms with Crippen molar-refractivity contribution >= 4 is 5.97 Å². The standard InChI is InChI=1S/C16H23NO2/c1-13-5-14(2)7-15(6-13,4-12(18)19-3)10-16(8-13,9-14)11-17/h4-10H2,1-3H3. The Morgan fingerprint density at radius 1 is 1.11 bits per heavy atom. The zero-order valence-corrected chi connectivity index (χ0v) is 12.2. The van der Waals surface area contributed by atoms with Crippen LogP contribution in [-0.2, 0) is 9.53 Å². The van der Waals surface area contributed by atoms with Crippen molar-refractivity contribution in [1.29, 1.82) is 5.26 Å². The second kappa shape index (κ2) is 3.53. The fraction of sp³-hybridized carbons (Fsp3) is 0.875. The summed E-state index contributed by atoms with van der Waals surface area (Å²) >= 11 is 0. The normalized spacial score (nSPS) is 50.8. The molecular formula is C16H23NO2. The molecule has 104 valence electrons. The van der Waals surface area contributed by atoms with Gasteiger partial charge in [0.15, 0.2) is 0 Å². The van der Waals surface area contributed by atoms with E-state index in [-0.39, 0.29) is 27.6 Å². The number of esters is 1. The van der Waals surface area contributed by atoms with Crippen molar-refractivity contribution in [2.45, 2.75) is 58.8 Å². The van der Waals surface area contributed by atoms with Gasteiger partial charge in [-0.2, -0.15) is 5.26 Å². The topological polar surface area (TPSA) is 50.1 Å². The van der Waals surface area contributed by atoms with Gasteiger partial charge in [0.25, 0.3) is 0 Å². The third kappa shape index (κ3) is 1.88. The lowest BCUT2D eigenvalue weighted by Crippen LogP contribution is -2.59.